The zero-order valence-electron chi connectivity index (χ0n) is 17.9. The largest absolute Gasteiger partial charge is 0.494 e. The predicted molar refractivity (Wildman–Crippen MR) is 120 cm³/mol. The minimum Gasteiger partial charge on any atom is -0.494 e. The van der Waals surface area contributed by atoms with Gasteiger partial charge in [-0.2, -0.15) is 0 Å². The van der Waals surface area contributed by atoms with E-state index in [0.717, 1.165) is 17.0 Å². The van der Waals surface area contributed by atoms with Crippen molar-refractivity contribution in [3.8, 4) is 22.1 Å². The van der Waals surface area contributed by atoms with Crippen LogP contribution in [0.1, 0.15) is 36.3 Å². The van der Waals surface area contributed by atoms with Crippen LogP contribution in [0.15, 0.2) is 24.5 Å². The third-order valence-corrected chi connectivity index (χ3v) is 6.56. The van der Waals surface area contributed by atoms with Gasteiger partial charge in [0.2, 0.25) is 5.13 Å². The van der Waals surface area contributed by atoms with Crippen LogP contribution in [0, 0.1) is 12.3 Å². The third-order valence-electron chi connectivity index (χ3n) is 5.63. The maximum atomic E-state index is 13.1. The Bertz CT molecular complexity index is 1170. The van der Waals surface area contributed by atoms with Crippen molar-refractivity contribution in [3.63, 3.8) is 0 Å². The van der Waals surface area contributed by atoms with Crippen LogP contribution in [0.5, 0.6) is 10.9 Å². The number of hydrogen-bond donors (Lipinski definition) is 2. The highest BCUT2D eigenvalue weighted by molar-refractivity contribution is 7.17. The highest BCUT2D eigenvalue weighted by Crippen LogP contribution is 2.43. The van der Waals surface area contributed by atoms with Crippen LogP contribution < -0.4 is 14.8 Å². The van der Waals surface area contributed by atoms with E-state index in [9.17, 15) is 9.90 Å². The van der Waals surface area contributed by atoms with E-state index in [0.29, 0.717) is 34.1 Å². The van der Waals surface area contributed by atoms with E-state index in [1.165, 1.54) is 19.5 Å². The van der Waals surface area contributed by atoms with E-state index in [1.54, 1.807) is 12.1 Å². The lowest BCUT2D eigenvalue weighted by atomic mass is 9.66. The summed E-state index contributed by atoms with van der Waals surface area (Å²) < 4.78 is 11.2. The summed E-state index contributed by atoms with van der Waals surface area (Å²) in [5.41, 5.74) is 1.90. The zero-order valence-corrected chi connectivity index (χ0v) is 19.5. The Kier molecular flexibility index (Phi) is 6.02. The molecule has 2 N–H and O–H groups in total. The number of aryl methyl sites for hydroxylation is 1. The number of nitrogens with one attached hydrogen (secondary N) is 1. The molecule has 0 unspecified atom stereocenters. The quantitative estimate of drug-likeness (QED) is 0.517. The molecule has 11 heteroatoms. The summed E-state index contributed by atoms with van der Waals surface area (Å²) in [5.74, 6) is 0.0653. The molecule has 0 bridgehead atoms. The first-order valence-corrected chi connectivity index (χ1v) is 11.0. The second-order valence-corrected chi connectivity index (χ2v) is 9.41. The van der Waals surface area contributed by atoms with Crippen molar-refractivity contribution in [2.75, 3.05) is 12.4 Å². The van der Waals surface area contributed by atoms with Crippen molar-refractivity contribution < 1.29 is 19.4 Å². The number of rotatable bonds is 6. The number of aromatic nitrogens is 4. The minimum absolute atomic E-state index is 0.161. The number of hydrogen-bond acceptors (Lipinski definition) is 9. The van der Waals surface area contributed by atoms with Gasteiger partial charge in [0.1, 0.15) is 17.0 Å². The number of pyridine rings is 2. The summed E-state index contributed by atoms with van der Waals surface area (Å²) in [7, 11) is 1.52. The fourth-order valence-electron chi connectivity index (χ4n) is 3.41. The molecule has 1 fully saturated rings. The molecule has 3 heterocycles. The number of carbonyl (C=O) groups excluding carboxylic acids is 1. The standard InChI is InChI=1S/C21H22ClN5O4S/c1-10-5-11(12-6-17(22)24-9-14(12)30-4)13(8-23-10)18(29)25-19-26-27-20(32-19)31-16-7-15(28)21(16,2)3/h5-6,8-9,15-16,28H,7H2,1-4H3,(H,25,26,29)/t15-,16-/m0/s1. The highest BCUT2D eigenvalue weighted by Gasteiger charge is 2.49. The number of halogens is 1. The number of methoxy groups -OCH3 is 1. The summed E-state index contributed by atoms with van der Waals surface area (Å²) in [6.07, 6.45) is 2.95. The van der Waals surface area contributed by atoms with Gasteiger partial charge >= 0.3 is 0 Å². The van der Waals surface area contributed by atoms with Gasteiger partial charge in [0.05, 0.1) is 25.0 Å². The molecule has 0 aromatic carbocycles. The summed E-state index contributed by atoms with van der Waals surface area (Å²) in [6, 6.07) is 3.42. The Morgan fingerprint density at radius 2 is 2.03 bits per heavy atom. The molecule has 3 aromatic heterocycles. The SMILES string of the molecule is COc1cnc(Cl)cc1-c1cc(C)ncc1C(=O)Nc1nnc(O[C@H]2C[C@H](O)C2(C)C)s1. The molecule has 0 aliphatic heterocycles. The fourth-order valence-corrected chi connectivity index (χ4v) is 4.21. The first-order chi connectivity index (χ1) is 15.2. The smallest absolute Gasteiger partial charge is 0.296 e. The number of aliphatic hydroxyl groups excluding tert-OH is 1. The minimum atomic E-state index is -0.412. The van der Waals surface area contributed by atoms with E-state index < -0.39 is 12.0 Å². The molecule has 168 valence electrons. The summed E-state index contributed by atoms with van der Waals surface area (Å²) >= 11 is 7.20. The molecular weight excluding hydrogens is 454 g/mol. The van der Waals surface area contributed by atoms with Crippen molar-refractivity contribution >= 4 is 34.0 Å². The average molecular weight is 476 g/mol. The Balaban J connectivity index is 1.57. The van der Waals surface area contributed by atoms with E-state index in [1.807, 2.05) is 20.8 Å². The van der Waals surface area contributed by atoms with Crippen LogP contribution in [0.25, 0.3) is 11.1 Å². The molecule has 1 aliphatic carbocycles. The molecule has 2 atom stereocenters. The van der Waals surface area contributed by atoms with Crippen molar-refractivity contribution in [2.24, 2.45) is 5.41 Å². The van der Waals surface area contributed by atoms with Gasteiger partial charge in [0.25, 0.3) is 11.1 Å². The zero-order chi connectivity index (χ0) is 23.0. The van der Waals surface area contributed by atoms with Crippen LogP contribution in [0.3, 0.4) is 0 Å². The first kappa shape index (κ1) is 22.4. The van der Waals surface area contributed by atoms with Crippen LogP contribution in [0.4, 0.5) is 5.13 Å². The van der Waals surface area contributed by atoms with Gasteiger partial charge < -0.3 is 14.6 Å². The Morgan fingerprint density at radius 3 is 2.72 bits per heavy atom. The molecule has 0 spiro atoms. The normalized spacial score (nSPS) is 19.2. The highest BCUT2D eigenvalue weighted by atomic mass is 35.5. The monoisotopic (exact) mass is 475 g/mol. The van der Waals surface area contributed by atoms with Crippen molar-refractivity contribution in [1.29, 1.82) is 0 Å². The van der Waals surface area contributed by atoms with Crippen LogP contribution in [0.2, 0.25) is 5.15 Å². The number of amides is 1. The molecule has 9 nitrogen and oxygen atoms in total. The Hall–Kier alpha value is -2.82. The summed E-state index contributed by atoms with van der Waals surface area (Å²) in [5, 5.41) is 21.5. The maximum Gasteiger partial charge on any atom is 0.296 e. The van der Waals surface area contributed by atoms with Gasteiger partial charge in [0.15, 0.2) is 0 Å². The van der Waals surface area contributed by atoms with Crippen LogP contribution in [-0.2, 0) is 0 Å². The molecule has 1 saturated carbocycles. The van der Waals surface area contributed by atoms with E-state index in [2.05, 4.69) is 25.5 Å². The van der Waals surface area contributed by atoms with Crippen molar-refractivity contribution in [3.05, 3.63) is 40.9 Å². The molecule has 4 rings (SSSR count). The van der Waals surface area contributed by atoms with Gasteiger partial charge in [-0.05, 0) is 30.4 Å². The maximum absolute atomic E-state index is 13.1. The fraction of sp³-hybridized carbons (Fsp3) is 0.381. The second-order valence-electron chi connectivity index (χ2n) is 8.09. The van der Waals surface area contributed by atoms with Gasteiger partial charge in [-0.3, -0.25) is 15.1 Å². The number of carbonyl (C=O) groups is 1. The van der Waals surface area contributed by atoms with Crippen LogP contribution in [-0.4, -0.2) is 50.5 Å². The number of aliphatic hydroxyl groups is 1. The van der Waals surface area contributed by atoms with Crippen molar-refractivity contribution in [1.82, 2.24) is 20.2 Å². The lowest BCUT2D eigenvalue weighted by Gasteiger charge is -2.47. The van der Waals surface area contributed by atoms with Gasteiger partial charge in [0, 0.05) is 34.9 Å². The Morgan fingerprint density at radius 1 is 1.25 bits per heavy atom. The summed E-state index contributed by atoms with van der Waals surface area (Å²) in [6.45, 7) is 5.69. The van der Waals surface area contributed by atoms with Crippen LogP contribution >= 0.6 is 22.9 Å². The average Bonchev–Trinajstić information content (AvgIpc) is 3.20. The molecule has 3 aromatic rings. The summed E-state index contributed by atoms with van der Waals surface area (Å²) in [4.78, 5) is 21.4. The number of nitrogens with zero attached hydrogens (tertiary/aromatic N) is 4. The van der Waals surface area contributed by atoms with E-state index >= 15 is 0 Å². The molecule has 32 heavy (non-hydrogen) atoms. The molecule has 0 saturated heterocycles. The van der Waals surface area contributed by atoms with Crippen molar-refractivity contribution in [2.45, 2.75) is 39.4 Å². The second kappa shape index (κ2) is 8.61. The van der Waals surface area contributed by atoms with Gasteiger partial charge in [-0.25, -0.2) is 4.98 Å². The lowest BCUT2D eigenvalue weighted by molar-refractivity contribution is -0.134. The van der Waals surface area contributed by atoms with Gasteiger partial charge in [-0.1, -0.05) is 30.5 Å². The third kappa shape index (κ3) is 4.25. The number of anilines is 1. The van der Waals surface area contributed by atoms with E-state index in [4.69, 9.17) is 21.1 Å². The first-order valence-electron chi connectivity index (χ1n) is 9.85. The predicted octanol–water partition coefficient (Wildman–Crippen LogP) is 3.76. The Labute approximate surface area is 193 Å². The van der Waals surface area contributed by atoms with Gasteiger partial charge in [-0.15, -0.1) is 5.10 Å². The number of ether oxygens (including phenoxy) is 2. The molecule has 0 radical (unpaired) electrons. The molecule has 1 aliphatic rings. The molecular formula is C21H22ClN5O4S. The lowest BCUT2D eigenvalue weighted by Crippen LogP contribution is -2.56. The molecule has 1 amide bonds. The van der Waals surface area contributed by atoms with E-state index in [-0.39, 0.29) is 21.8 Å². The topological polar surface area (TPSA) is 119 Å².